The number of hydrogen-bond donors (Lipinski definition) is 1. The molecular weight excluding hydrogens is 408 g/mol. The van der Waals surface area contributed by atoms with E-state index in [0.717, 1.165) is 22.5 Å². The Hall–Kier alpha value is -3.00. The summed E-state index contributed by atoms with van der Waals surface area (Å²) < 4.78 is 28.6. The highest BCUT2D eigenvalue weighted by Crippen LogP contribution is 2.25. The second-order valence-electron chi connectivity index (χ2n) is 7.76. The molecule has 3 aromatic carbocycles. The largest absolute Gasteiger partial charge is 0.338 e. The van der Waals surface area contributed by atoms with Gasteiger partial charge in [0.05, 0.1) is 15.9 Å². The maximum absolute atomic E-state index is 13.5. The highest BCUT2D eigenvalue weighted by Gasteiger charge is 2.25. The lowest BCUT2D eigenvalue weighted by atomic mass is 10.2. The standard InChI is InChI=1S/C24H26N4O2S/c1-27(2)15-16-28(18-19-9-5-3-6-10-19)31(29,30)21-13-14-22-23(17-21)26-24(25-22)20-11-7-4-8-12-20/h3-14,17H,15-16,18H2,1-2H3,(H,25,26). The van der Waals surface area contributed by atoms with Crippen LogP contribution in [0.4, 0.5) is 0 Å². The maximum Gasteiger partial charge on any atom is 0.243 e. The van der Waals surface area contributed by atoms with Crippen molar-refractivity contribution in [3.05, 3.63) is 84.4 Å². The fourth-order valence-corrected chi connectivity index (χ4v) is 4.86. The highest BCUT2D eigenvalue weighted by atomic mass is 32.2. The first-order chi connectivity index (χ1) is 14.9. The number of nitrogens with zero attached hydrogens (tertiary/aromatic N) is 3. The Morgan fingerprint density at radius 2 is 1.55 bits per heavy atom. The number of H-pyrrole nitrogens is 1. The van der Waals surface area contributed by atoms with Crippen LogP contribution in [0.5, 0.6) is 0 Å². The summed E-state index contributed by atoms with van der Waals surface area (Å²) >= 11 is 0. The first-order valence-corrected chi connectivity index (χ1v) is 11.6. The summed E-state index contributed by atoms with van der Waals surface area (Å²) in [6.07, 6.45) is 0. The zero-order chi connectivity index (χ0) is 21.8. The summed E-state index contributed by atoms with van der Waals surface area (Å²) in [7, 11) is 0.196. The van der Waals surface area contributed by atoms with Crippen molar-refractivity contribution in [3.8, 4) is 11.4 Å². The van der Waals surface area contributed by atoms with E-state index in [-0.39, 0.29) is 4.90 Å². The minimum absolute atomic E-state index is 0.262. The molecule has 0 radical (unpaired) electrons. The molecule has 1 N–H and O–H groups in total. The van der Waals surface area contributed by atoms with Crippen LogP contribution in [0.25, 0.3) is 22.4 Å². The third-order valence-electron chi connectivity index (χ3n) is 5.14. The van der Waals surface area contributed by atoms with Gasteiger partial charge in [-0.25, -0.2) is 13.4 Å². The lowest BCUT2D eigenvalue weighted by molar-refractivity contribution is 0.329. The van der Waals surface area contributed by atoms with Crippen LogP contribution < -0.4 is 0 Å². The molecule has 0 atom stereocenters. The van der Waals surface area contributed by atoms with Crippen LogP contribution in [0, 0.1) is 0 Å². The van der Waals surface area contributed by atoms with Gasteiger partial charge in [-0.05, 0) is 37.9 Å². The molecular formula is C24H26N4O2S. The van der Waals surface area contributed by atoms with Crippen molar-refractivity contribution in [1.82, 2.24) is 19.2 Å². The third-order valence-corrected chi connectivity index (χ3v) is 6.98. The van der Waals surface area contributed by atoms with Gasteiger partial charge in [0.15, 0.2) is 0 Å². The zero-order valence-corrected chi connectivity index (χ0v) is 18.5. The van der Waals surface area contributed by atoms with Crippen molar-refractivity contribution in [2.45, 2.75) is 11.4 Å². The lowest BCUT2D eigenvalue weighted by Crippen LogP contribution is -2.36. The zero-order valence-electron chi connectivity index (χ0n) is 17.7. The number of nitrogens with one attached hydrogen (secondary N) is 1. The number of imidazole rings is 1. The molecule has 160 valence electrons. The molecule has 0 saturated carbocycles. The summed E-state index contributed by atoms with van der Waals surface area (Å²) in [6, 6.07) is 24.5. The summed E-state index contributed by atoms with van der Waals surface area (Å²) in [6.45, 7) is 1.37. The number of sulfonamides is 1. The van der Waals surface area contributed by atoms with E-state index in [1.165, 1.54) is 4.31 Å². The molecule has 4 aromatic rings. The molecule has 6 nitrogen and oxygen atoms in total. The Morgan fingerprint density at radius 3 is 2.23 bits per heavy atom. The highest BCUT2D eigenvalue weighted by molar-refractivity contribution is 7.89. The molecule has 1 heterocycles. The van der Waals surface area contributed by atoms with E-state index in [4.69, 9.17) is 0 Å². The van der Waals surface area contributed by atoms with Gasteiger partial charge in [0.25, 0.3) is 0 Å². The average molecular weight is 435 g/mol. The van der Waals surface area contributed by atoms with Crippen LogP contribution >= 0.6 is 0 Å². The second-order valence-corrected chi connectivity index (χ2v) is 9.70. The minimum Gasteiger partial charge on any atom is -0.338 e. The molecule has 4 rings (SSSR count). The van der Waals surface area contributed by atoms with E-state index in [2.05, 4.69) is 9.97 Å². The van der Waals surface area contributed by atoms with Crippen molar-refractivity contribution >= 4 is 21.1 Å². The lowest BCUT2D eigenvalue weighted by Gasteiger charge is -2.24. The number of hydrogen-bond acceptors (Lipinski definition) is 4. The van der Waals surface area contributed by atoms with Crippen molar-refractivity contribution < 1.29 is 8.42 Å². The summed E-state index contributed by atoms with van der Waals surface area (Å²) in [5.74, 6) is 0.721. The Bertz CT molecular complexity index is 1250. The van der Waals surface area contributed by atoms with Gasteiger partial charge in [0, 0.05) is 25.2 Å². The topological polar surface area (TPSA) is 69.3 Å². The summed E-state index contributed by atoms with van der Waals surface area (Å²) in [5, 5.41) is 0. The predicted octanol–water partition coefficient (Wildman–Crippen LogP) is 3.98. The molecule has 1 aromatic heterocycles. The van der Waals surface area contributed by atoms with E-state index >= 15 is 0 Å². The van der Waals surface area contributed by atoms with E-state index < -0.39 is 10.0 Å². The maximum atomic E-state index is 13.5. The Labute approximate surface area is 183 Å². The first-order valence-electron chi connectivity index (χ1n) is 10.2. The minimum atomic E-state index is -3.68. The van der Waals surface area contributed by atoms with Crippen LogP contribution in [0.1, 0.15) is 5.56 Å². The fourth-order valence-electron chi connectivity index (χ4n) is 3.41. The Kier molecular flexibility index (Phi) is 6.18. The quantitative estimate of drug-likeness (QED) is 0.455. The van der Waals surface area contributed by atoms with Crippen molar-refractivity contribution in [3.63, 3.8) is 0 Å². The smallest absolute Gasteiger partial charge is 0.243 e. The molecule has 0 aliphatic carbocycles. The van der Waals surface area contributed by atoms with Gasteiger partial charge in [-0.3, -0.25) is 0 Å². The van der Waals surface area contributed by atoms with E-state index in [0.29, 0.717) is 25.2 Å². The number of aromatic amines is 1. The molecule has 0 fully saturated rings. The monoisotopic (exact) mass is 434 g/mol. The normalized spacial score (nSPS) is 12.1. The molecule has 0 spiro atoms. The molecule has 0 bridgehead atoms. The van der Waals surface area contributed by atoms with Gasteiger partial charge < -0.3 is 9.88 Å². The molecule has 31 heavy (non-hydrogen) atoms. The van der Waals surface area contributed by atoms with Gasteiger partial charge in [-0.1, -0.05) is 60.7 Å². The van der Waals surface area contributed by atoms with Crippen LogP contribution in [0.15, 0.2) is 83.8 Å². The number of fused-ring (bicyclic) bond motifs is 1. The SMILES string of the molecule is CN(C)CCN(Cc1ccccc1)S(=O)(=O)c1ccc2nc(-c3ccccc3)[nH]c2c1. The average Bonchev–Trinajstić information content (AvgIpc) is 3.21. The van der Waals surface area contributed by atoms with Gasteiger partial charge >= 0.3 is 0 Å². The van der Waals surface area contributed by atoms with Gasteiger partial charge in [-0.2, -0.15) is 4.31 Å². The number of rotatable bonds is 8. The number of benzene rings is 3. The fraction of sp³-hybridized carbons (Fsp3) is 0.208. The van der Waals surface area contributed by atoms with Crippen LogP contribution in [-0.2, 0) is 16.6 Å². The molecule has 0 amide bonds. The van der Waals surface area contributed by atoms with E-state index in [9.17, 15) is 8.42 Å². The van der Waals surface area contributed by atoms with Crippen molar-refractivity contribution in [2.24, 2.45) is 0 Å². The van der Waals surface area contributed by atoms with Crippen molar-refractivity contribution in [2.75, 3.05) is 27.2 Å². The van der Waals surface area contributed by atoms with Gasteiger partial charge in [0.2, 0.25) is 10.0 Å². The van der Waals surface area contributed by atoms with Crippen LogP contribution in [-0.4, -0.2) is 54.8 Å². The van der Waals surface area contributed by atoms with E-state index in [1.807, 2.05) is 79.7 Å². The number of aromatic nitrogens is 2. The van der Waals surface area contributed by atoms with Crippen molar-refractivity contribution in [1.29, 1.82) is 0 Å². The van der Waals surface area contributed by atoms with Gasteiger partial charge in [0.1, 0.15) is 5.82 Å². The Balaban J connectivity index is 1.68. The summed E-state index contributed by atoms with van der Waals surface area (Å²) in [5.41, 5.74) is 3.35. The van der Waals surface area contributed by atoms with Crippen LogP contribution in [0.2, 0.25) is 0 Å². The first kappa shape index (κ1) is 21.2. The molecule has 0 saturated heterocycles. The predicted molar refractivity (Wildman–Crippen MR) is 124 cm³/mol. The molecule has 7 heteroatoms. The third kappa shape index (κ3) is 4.85. The Morgan fingerprint density at radius 1 is 0.871 bits per heavy atom. The second kappa shape index (κ2) is 9.01. The van der Waals surface area contributed by atoms with Crippen LogP contribution in [0.3, 0.4) is 0 Å². The number of likely N-dealkylation sites (N-methyl/N-ethyl adjacent to an activating group) is 1. The van der Waals surface area contributed by atoms with Gasteiger partial charge in [-0.15, -0.1) is 0 Å². The molecule has 0 unspecified atom stereocenters. The summed E-state index contributed by atoms with van der Waals surface area (Å²) in [4.78, 5) is 10.1. The van der Waals surface area contributed by atoms with E-state index in [1.54, 1.807) is 18.2 Å². The molecule has 0 aliphatic heterocycles. The molecule has 0 aliphatic rings.